The van der Waals surface area contributed by atoms with E-state index in [1.807, 2.05) is 47.6 Å². The van der Waals surface area contributed by atoms with Crippen molar-refractivity contribution >= 4 is 28.7 Å². The summed E-state index contributed by atoms with van der Waals surface area (Å²) in [5.74, 6) is 0.139. The van der Waals surface area contributed by atoms with Crippen molar-refractivity contribution in [3.05, 3.63) is 59.5 Å². The molecule has 0 saturated carbocycles. The van der Waals surface area contributed by atoms with E-state index in [1.54, 1.807) is 6.20 Å². The molecule has 1 aliphatic heterocycles. The summed E-state index contributed by atoms with van der Waals surface area (Å²) in [5.41, 5.74) is 2.73. The number of piperidine rings is 1. The van der Waals surface area contributed by atoms with E-state index < -0.39 is 0 Å². The van der Waals surface area contributed by atoms with Gasteiger partial charge in [-0.15, -0.1) is 0 Å². The van der Waals surface area contributed by atoms with Crippen LogP contribution >= 0.6 is 11.6 Å². The summed E-state index contributed by atoms with van der Waals surface area (Å²) in [6.45, 7) is 1.50. The highest BCUT2D eigenvalue weighted by molar-refractivity contribution is 6.31. The van der Waals surface area contributed by atoms with Gasteiger partial charge in [-0.25, -0.2) is 9.97 Å². The predicted molar refractivity (Wildman–Crippen MR) is 97.5 cm³/mol. The quantitative estimate of drug-likeness (QED) is 0.723. The van der Waals surface area contributed by atoms with E-state index in [1.165, 1.54) is 0 Å². The largest absolute Gasteiger partial charge is 0.342 e. The lowest BCUT2D eigenvalue weighted by molar-refractivity contribution is -0.131. The Kier molecular flexibility index (Phi) is 4.40. The smallest absolute Gasteiger partial charge is 0.227 e. The van der Waals surface area contributed by atoms with Gasteiger partial charge in [-0.2, -0.15) is 0 Å². The molecule has 4 rings (SSSR count). The van der Waals surface area contributed by atoms with Gasteiger partial charge in [0.15, 0.2) is 5.65 Å². The molecule has 0 N–H and O–H groups in total. The molecular formula is C19H19ClN4O. The number of rotatable bonds is 3. The fourth-order valence-corrected chi connectivity index (χ4v) is 3.65. The van der Waals surface area contributed by atoms with E-state index in [0.29, 0.717) is 17.5 Å². The van der Waals surface area contributed by atoms with Crippen LogP contribution < -0.4 is 0 Å². The molecule has 0 unspecified atom stereocenters. The Labute approximate surface area is 151 Å². The Hall–Kier alpha value is -2.40. The zero-order chi connectivity index (χ0) is 17.2. The molecule has 0 radical (unpaired) electrons. The van der Waals surface area contributed by atoms with Gasteiger partial charge >= 0.3 is 0 Å². The van der Waals surface area contributed by atoms with Crippen molar-refractivity contribution in [2.24, 2.45) is 0 Å². The van der Waals surface area contributed by atoms with E-state index in [9.17, 15) is 4.79 Å². The van der Waals surface area contributed by atoms with Crippen LogP contribution in [0.25, 0.3) is 11.2 Å². The zero-order valence-corrected chi connectivity index (χ0v) is 14.6. The van der Waals surface area contributed by atoms with Gasteiger partial charge < -0.3 is 9.47 Å². The molecule has 0 aliphatic carbocycles. The molecule has 1 aliphatic rings. The van der Waals surface area contributed by atoms with Crippen molar-refractivity contribution in [1.82, 2.24) is 19.4 Å². The summed E-state index contributed by atoms with van der Waals surface area (Å²) < 4.78 is 2.14. The zero-order valence-electron chi connectivity index (χ0n) is 13.8. The third kappa shape index (κ3) is 3.24. The SMILES string of the molecule is O=C(Cc1ccccc1Cl)N1CCC(n2cnc3cccnc32)CC1. The number of imidazole rings is 1. The molecular weight excluding hydrogens is 336 g/mol. The number of likely N-dealkylation sites (tertiary alicyclic amines) is 1. The van der Waals surface area contributed by atoms with Crippen LogP contribution in [-0.4, -0.2) is 38.4 Å². The molecule has 2 aromatic heterocycles. The monoisotopic (exact) mass is 354 g/mol. The highest BCUT2D eigenvalue weighted by Gasteiger charge is 2.25. The summed E-state index contributed by atoms with van der Waals surface area (Å²) in [5, 5.41) is 0.654. The van der Waals surface area contributed by atoms with E-state index in [4.69, 9.17) is 11.6 Å². The number of pyridine rings is 1. The van der Waals surface area contributed by atoms with Crippen molar-refractivity contribution in [2.45, 2.75) is 25.3 Å². The minimum absolute atomic E-state index is 0.139. The molecule has 1 saturated heterocycles. The number of fused-ring (bicyclic) bond motifs is 1. The third-order valence-electron chi connectivity index (χ3n) is 4.84. The summed E-state index contributed by atoms with van der Waals surface area (Å²) in [6, 6.07) is 11.7. The first-order valence-corrected chi connectivity index (χ1v) is 8.89. The molecule has 3 heterocycles. The molecule has 0 bridgehead atoms. The van der Waals surface area contributed by atoms with Crippen LogP contribution in [-0.2, 0) is 11.2 Å². The van der Waals surface area contributed by atoms with Crippen LogP contribution in [0.1, 0.15) is 24.4 Å². The van der Waals surface area contributed by atoms with Crippen molar-refractivity contribution in [2.75, 3.05) is 13.1 Å². The van der Waals surface area contributed by atoms with Crippen LogP contribution in [0.5, 0.6) is 0 Å². The van der Waals surface area contributed by atoms with Crippen LogP contribution in [0.3, 0.4) is 0 Å². The summed E-state index contributed by atoms with van der Waals surface area (Å²) in [7, 11) is 0. The van der Waals surface area contributed by atoms with Gasteiger partial charge in [0.1, 0.15) is 5.52 Å². The lowest BCUT2D eigenvalue weighted by Gasteiger charge is -2.32. The predicted octanol–water partition coefficient (Wildman–Crippen LogP) is 3.49. The summed E-state index contributed by atoms with van der Waals surface area (Å²) in [6.07, 6.45) is 5.85. The van der Waals surface area contributed by atoms with Crippen molar-refractivity contribution in [3.63, 3.8) is 0 Å². The van der Waals surface area contributed by atoms with Gasteiger partial charge in [-0.1, -0.05) is 29.8 Å². The van der Waals surface area contributed by atoms with E-state index in [2.05, 4.69) is 14.5 Å². The number of benzene rings is 1. The topological polar surface area (TPSA) is 51.0 Å². The number of nitrogens with zero attached hydrogens (tertiary/aromatic N) is 4. The standard InChI is InChI=1S/C19H19ClN4O/c20-16-5-2-1-4-14(16)12-18(25)23-10-7-15(8-11-23)24-13-22-17-6-3-9-21-19(17)24/h1-6,9,13,15H,7-8,10-12H2. The normalized spacial score (nSPS) is 15.6. The molecule has 0 spiro atoms. The maximum Gasteiger partial charge on any atom is 0.227 e. The van der Waals surface area contributed by atoms with Gasteiger partial charge in [0.25, 0.3) is 0 Å². The molecule has 1 fully saturated rings. The van der Waals surface area contributed by atoms with Crippen molar-refractivity contribution in [3.8, 4) is 0 Å². The van der Waals surface area contributed by atoms with Crippen LogP contribution in [0.4, 0.5) is 0 Å². The Morgan fingerprint density at radius 3 is 2.72 bits per heavy atom. The van der Waals surface area contributed by atoms with Gasteiger partial charge in [0, 0.05) is 30.4 Å². The van der Waals surface area contributed by atoms with E-state index >= 15 is 0 Å². The second-order valence-corrected chi connectivity index (χ2v) is 6.79. The number of carbonyl (C=O) groups is 1. The number of hydrogen-bond acceptors (Lipinski definition) is 3. The van der Waals surface area contributed by atoms with Crippen molar-refractivity contribution in [1.29, 1.82) is 0 Å². The van der Waals surface area contributed by atoms with Crippen LogP contribution in [0, 0.1) is 0 Å². The van der Waals surface area contributed by atoms with Gasteiger partial charge in [-0.05, 0) is 36.6 Å². The molecule has 6 heteroatoms. The Morgan fingerprint density at radius 2 is 1.92 bits per heavy atom. The minimum Gasteiger partial charge on any atom is -0.342 e. The molecule has 1 aromatic carbocycles. The van der Waals surface area contributed by atoms with E-state index in [-0.39, 0.29) is 5.91 Å². The first-order valence-electron chi connectivity index (χ1n) is 8.51. The number of carbonyl (C=O) groups excluding carboxylic acids is 1. The molecule has 25 heavy (non-hydrogen) atoms. The van der Waals surface area contributed by atoms with Gasteiger partial charge in [0.05, 0.1) is 12.7 Å². The van der Waals surface area contributed by atoms with E-state index in [0.717, 1.165) is 42.7 Å². The Morgan fingerprint density at radius 1 is 1.12 bits per heavy atom. The summed E-state index contributed by atoms with van der Waals surface area (Å²) >= 11 is 6.17. The maximum atomic E-state index is 12.6. The number of amides is 1. The fourth-order valence-electron chi connectivity index (χ4n) is 3.44. The second-order valence-electron chi connectivity index (χ2n) is 6.38. The number of hydrogen-bond donors (Lipinski definition) is 0. The third-order valence-corrected chi connectivity index (χ3v) is 5.21. The van der Waals surface area contributed by atoms with Crippen LogP contribution in [0.2, 0.25) is 5.02 Å². The molecule has 0 atom stereocenters. The molecule has 5 nitrogen and oxygen atoms in total. The average Bonchev–Trinajstić information content (AvgIpc) is 3.08. The van der Waals surface area contributed by atoms with Gasteiger partial charge in [-0.3, -0.25) is 4.79 Å². The minimum atomic E-state index is 0.139. The Balaban J connectivity index is 1.41. The van der Waals surface area contributed by atoms with Gasteiger partial charge in [0.2, 0.25) is 5.91 Å². The maximum absolute atomic E-state index is 12.6. The van der Waals surface area contributed by atoms with Crippen LogP contribution in [0.15, 0.2) is 48.9 Å². The lowest BCUT2D eigenvalue weighted by atomic mass is 10.0. The first kappa shape index (κ1) is 16.1. The molecule has 3 aromatic rings. The highest BCUT2D eigenvalue weighted by Crippen LogP contribution is 2.26. The first-order chi connectivity index (χ1) is 12.2. The molecule has 1 amide bonds. The van der Waals surface area contributed by atoms with Crippen molar-refractivity contribution < 1.29 is 4.79 Å². The summed E-state index contributed by atoms with van der Waals surface area (Å²) in [4.78, 5) is 23.4. The number of halogens is 1. The fraction of sp³-hybridized carbons (Fsp3) is 0.316. The highest BCUT2D eigenvalue weighted by atomic mass is 35.5. The lowest BCUT2D eigenvalue weighted by Crippen LogP contribution is -2.39. The second kappa shape index (κ2) is 6.84. The average molecular weight is 355 g/mol. The number of aromatic nitrogens is 3. The Bertz CT molecular complexity index is 899. The molecule has 128 valence electrons.